The lowest BCUT2D eigenvalue weighted by Gasteiger charge is -2.31. The second-order valence-corrected chi connectivity index (χ2v) is 11.4. The van der Waals surface area contributed by atoms with Crippen molar-refractivity contribution in [2.24, 2.45) is 5.92 Å². The van der Waals surface area contributed by atoms with E-state index in [1.165, 1.54) is 40.1 Å². The minimum absolute atomic E-state index is 0.0334. The first kappa shape index (κ1) is 30.7. The fraction of sp³-hybridized carbons (Fsp3) is 0.250. The zero-order chi connectivity index (χ0) is 32.0. The predicted molar refractivity (Wildman–Crippen MR) is 165 cm³/mol. The van der Waals surface area contributed by atoms with Gasteiger partial charge in [-0.25, -0.2) is 14.3 Å². The van der Waals surface area contributed by atoms with Gasteiger partial charge in [0.05, 0.1) is 68.9 Å². The Kier molecular flexibility index (Phi) is 8.31. The molecule has 4 atom stereocenters. The third kappa shape index (κ3) is 5.89. The predicted octanol–water partition coefficient (Wildman–Crippen LogP) is 4.93. The summed E-state index contributed by atoms with van der Waals surface area (Å²) in [5, 5.41) is 14.8. The number of fused-ring (bicyclic) bond motifs is 4. The highest BCUT2D eigenvalue weighted by atomic mass is 35.5. The van der Waals surface area contributed by atoms with E-state index in [0.29, 0.717) is 26.6 Å². The Morgan fingerprint density at radius 1 is 1.09 bits per heavy atom. The maximum absolute atomic E-state index is 14.0. The SMILES string of the molecule is [B]C1C[C@H](n2cnc(-c3cc(Cl)ccc3-n3cc(Cl)nn3)cc2=O)c2cc(ccn2)-c2c(cnn2C(F)F)NC(=O)[C@H](C)C1[B]. The van der Waals surface area contributed by atoms with Gasteiger partial charge in [0.2, 0.25) is 5.91 Å². The summed E-state index contributed by atoms with van der Waals surface area (Å²) in [5.41, 5.74) is 1.47. The molecule has 2 bridgehead atoms. The van der Waals surface area contributed by atoms with E-state index in [9.17, 15) is 18.4 Å². The highest BCUT2D eigenvalue weighted by molar-refractivity contribution is 6.31. The molecule has 1 aliphatic heterocycles. The van der Waals surface area contributed by atoms with Gasteiger partial charge in [0.15, 0.2) is 5.15 Å². The third-order valence-corrected chi connectivity index (χ3v) is 8.14. The molecule has 2 unspecified atom stereocenters. The molecule has 5 heterocycles. The molecule has 6 rings (SSSR count). The van der Waals surface area contributed by atoms with Crippen molar-refractivity contribution in [3.63, 3.8) is 0 Å². The number of alkyl halides is 2. The topological polar surface area (TPSA) is 125 Å². The standard InChI is InChI=1S/C28H21B2Cl2F2N9O2/c1-13-25(30)17(29)8-22(19-6-14(4-5-35-19)26-20(38-27(13)45)10-37-43(26)28(33)34)41-12-36-18(9-24(41)44)16-7-15(31)2-3-21(16)42-11-23(32)39-40-42/h2-7,9-13,17,22,25,28H,8H2,1H3,(H,38,45)/t13-,17?,22+,25?/m1/s1. The lowest BCUT2D eigenvalue weighted by molar-refractivity contribution is -0.119. The quantitative estimate of drug-likeness (QED) is 0.275. The Balaban J connectivity index is 1.49. The molecule has 1 aliphatic rings. The molecule has 0 saturated heterocycles. The molecule has 4 radical (unpaired) electrons. The summed E-state index contributed by atoms with van der Waals surface area (Å²) in [7, 11) is 13.0. The van der Waals surface area contributed by atoms with Crippen LogP contribution in [0.5, 0.6) is 0 Å². The molecule has 224 valence electrons. The molecular formula is C28H21B2Cl2F2N9O2. The van der Waals surface area contributed by atoms with Crippen LogP contribution in [0, 0.1) is 5.92 Å². The Morgan fingerprint density at radius 3 is 2.60 bits per heavy atom. The number of hydrogen-bond donors (Lipinski definition) is 1. The lowest BCUT2D eigenvalue weighted by Crippen LogP contribution is -2.31. The van der Waals surface area contributed by atoms with E-state index in [2.05, 4.69) is 30.7 Å². The van der Waals surface area contributed by atoms with Gasteiger partial charge in [-0.05, 0) is 36.8 Å². The van der Waals surface area contributed by atoms with Crippen LogP contribution >= 0.6 is 23.2 Å². The molecule has 1 amide bonds. The number of carbonyl (C=O) groups excluding carboxylic acids is 1. The largest absolute Gasteiger partial charge is 0.333 e. The Labute approximate surface area is 267 Å². The maximum Gasteiger partial charge on any atom is 0.333 e. The summed E-state index contributed by atoms with van der Waals surface area (Å²) >= 11 is 12.3. The number of benzene rings is 1. The van der Waals surface area contributed by atoms with Gasteiger partial charge in [0.25, 0.3) is 5.56 Å². The van der Waals surface area contributed by atoms with E-state index in [0.717, 1.165) is 6.20 Å². The lowest BCUT2D eigenvalue weighted by atomic mass is 9.59. The molecule has 45 heavy (non-hydrogen) atoms. The van der Waals surface area contributed by atoms with E-state index in [4.69, 9.17) is 38.9 Å². The molecule has 0 spiro atoms. The van der Waals surface area contributed by atoms with Crippen LogP contribution in [0.2, 0.25) is 21.8 Å². The highest BCUT2D eigenvalue weighted by Crippen LogP contribution is 2.39. The highest BCUT2D eigenvalue weighted by Gasteiger charge is 2.31. The van der Waals surface area contributed by atoms with Crippen molar-refractivity contribution in [2.75, 3.05) is 5.32 Å². The molecule has 17 heteroatoms. The smallest absolute Gasteiger partial charge is 0.323 e. The number of nitrogens with zero attached hydrogens (tertiary/aromatic N) is 8. The van der Waals surface area contributed by atoms with E-state index in [1.54, 1.807) is 31.2 Å². The number of pyridine rings is 1. The molecular weight excluding hydrogens is 625 g/mol. The average molecular weight is 646 g/mol. The summed E-state index contributed by atoms with van der Waals surface area (Å²) in [5.74, 6) is -2.99. The summed E-state index contributed by atoms with van der Waals surface area (Å²) in [6.07, 6.45) is 5.46. The third-order valence-electron chi connectivity index (χ3n) is 7.73. The zero-order valence-electron chi connectivity index (χ0n) is 23.4. The number of halogens is 4. The van der Waals surface area contributed by atoms with Crippen LogP contribution in [0.3, 0.4) is 0 Å². The van der Waals surface area contributed by atoms with Gasteiger partial charge in [-0.1, -0.05) is 47.0 Å². The monoisotopic (exact) mass is 645 g/mol. The van der Waals surface area contributed by atoms with Gasteiger partial charge < -0.3 is 5.32 Å². The van der Waals surface area contributed by atoms with Crippen LogP contribution in [-0.2, 0) is 4.79 Å². The first-order chi connectivity index (χ1) is 21.5. The first-order valence-electron chi connectivity index (χ1n) is 13.6. The van der Waals surface area contributed by atoms with Gasteiger partial charge in [-0.3, -0.25) is 19.1 Å². The summed E-state index contributed by atoms with van der Waals surface area (Å²) in [4.78, 5) is 35.9. The van der Waals surface area contributed by atoms with Gasteiger partial charge in [-0.2, -0.15) is 13.9 Å². The fourth-order valence-electron chi connectivity index (χ4n) is 5.32. The van der Waals surface area contributed by atoms with Gasteiger partial charge >= 0.3 is 6.55 Å². The Morgan fingerprint density at radius 2 is 1.89 bits per heavy atom. The number of rotatable bonds is 4. The van der Waals surface area contributed by atoms with Gasteiger partial charge in [-0.15, -0.1) is 5.10 Å². The van der Waals surface area contributed by atoms with Crippen LogP contribution < -0.4 is 10.9 Å². The first-order valence-corrected chi connectivity index (χ1v) is 14.4. The molecule has 4 aromatic heterocycles. The van der Waals surface area contributed by atoms with Crippen LogP contribution in [0.15, 0.2) is 66.1 Å². The van der Waals surface area contributed by atoms with Gasteiger partial charge in [0.1, 0.15) is 0 Å². The van der Waals surface area contributed by atoms with Crippen molar-refractivity contribution in [1.82, 2.24) is 39.3 Å². The van der Waals surface area contributed by atoms with Crippen molar-refractivity contribution in [3.8, 4) is 28.2 Å². The van der Waals surface area contributed by atoms with Crippen molar-refractivity contribution < 1.29 is 13.6 Å². The molecule has 0 fully saturated rings. The van der Waals surface area contributed by atoms with Crippen molar-refractivity contribution >= 4 is 50.5 Å². The van der Waals surface area contributed by atoms with E-state index in [-0.39, 0.29) is 34.2 Å². The fourth-order valence-corrected chi connectivity index (χ4v) is 5.62. The van der Waals surface area contributed by atoms with Crippen LogP contribution in [-0.4, -0.2) is 60.9 Å². The van der Waals surface area contributed by atoms with Crippen molar-refractivity contribution in [2.45, 2.75) is 37.6 Å². The van der Waals surface area contributed by atoms with Gasteiger partial charge in [0, 0.05) is 34.3 Å². The molecule has 1 N–H and O–H groups in total. The second kappa shape index (κ2) is 12.2. The maximum atomic E-state index is 14.0. The zero-order valence-corrected chi connectivity index (χ0v) is 24.9. The summed E-state index contributed by atoms with van der Waals surface area (Å²) in [6, 6.07) is 8.50. The van der Waals surface area contributed by atoms with Crippen LogP contribution in [0.1, 0.15) is 31.6 Å². The number of carbonyl (C=O) groups is 1. The Bertz CT molecular complexity index is 1970. The number of hydrogen-bond acceptors (Lipinski definition) is 7. The number of anilines is 1. The van der Waals surface area contributed by atoms with E-state index >= 15 is 0 Å². The van der Waals surface area contributed by atoms with Crippen LogP contribution in [0.25, 0.3) is 28.2 Å². The number of aromatic nitrogens is 8. The van der Waals surface area contributed by atoms with Crippen molar-refractivity contribution in [1.29, 1.82) is 0 Å². The number of nitrogens with one attached hydrogen (secondary N) is 1. The molecule has 0 saturated carbocycles. The van der Waals surface area contributed by atoms with E-state index < -0.39 is 41.6 Å². The minimum atomic E-state index is -3.00. The second-order valence-electron chi connectivity index (χ2n) is 10.5. The van der Waals surface area contributed by atoms with Crippen molar-refractivity contribution in [3.05, 3.63) is 87.5 Å². The molecule has 11 nitrogen and oxygen atoms in total. The average Bonchev–Trinajstić information content (AvgIpc) is 3.65. The molecule has 1 aromatic carbocycles. The number of amides is 1. The summed E-state index contributed by atoms with van der Waals surface area (Å²) in [6.45, 7) is -1.41. The summed E-state index contributed by atoms with van der Waals surface area (Å²) < 4.78 is 31.2. The van der Waals surface area contributed by atoms with Crippen LogP contribution in [0.4, 0.5) is 14.5 Å². The minimum Gasteiger partial charge on any atom is -0.323 e. The Hall–Kier alpha value is -4.36. The molecule has 5 aromatic rings. The molecule has 0 aliphatic carbocycles. The normalized spacial score (nSPS) is 20.3. The van der Waals surface area contributed by atoms with E-state index in [1.807, 2.05) is 0 Å².